The molecule has 4 heteroatoms. The van der Waals surface area contributed by atoms with Crippen LogP contribution in [-0.2, 0) is 9.47 Å². The molecular weight excluding hydrogens is 412 g/mol. The van der Waals surface area contributed by atoms with E-state index in [4.69, 9.17) is 9.47 Å². The Hall–Kier alpha value is -2.88. The molecule has 0 saturated heterocycles. The van der Waals surface area contributed by atoms with Crippen LogP contribution >= 0.6 is 0 Å². The summed E-state index contributed by atoms with van der Waals surface area (Å²) in [5, 5.41) is 0. The Labute approximate surface area is 199 Å². The number of ether oxygens (including phenoxy) is 2. The lowest BCUT2D eigenvalue weighted by Gasteiger charge is -2.30. The van der Waals surface area contributed by atoms with Crippen LogP contribution in [0.4, 0.5) is 0 Å². The number of carbonyl (C=O) groups excluding carboxylic acids is 2. The molecular formula is C29H38O4. The van der Waals surface area contributed by atoms with E-state index in [0.717, 1.165) is 6.42 Å². The molecule has 0 heterocycles. The first-order valence-electron chi connectivity index (χ1n) is 12.1. The van der Waals surface area contributed by atoms with Gasteiger partial charge in [-0.2, -0.15) is 0 Å². The largest absolute Gasteiger partial charge is 0.459 e. The average Bonchev–Trinajstić information content (AvgIpc) is 2.84. The van der Waals surface area contributed by atoms with E-state index in [0.29, 0.717) is 17.5 Å². The fourth-order valence-corrected chi connectivity index (χ4v) is 3.66. The van der Waals surface area contributed by atoms with Crippen LogP contribution in [-0.4, -0.2) is 24.1 Å². The maximum Gasteiger partial charge on any atom is 0.338 e. The van der Waals surface area contributed by atoms with Gasteiger partial charge in [0.1, 0.15) is 12.2 Å². The summed E-state index contributed by atoms with van der Waals surface area (Å²) in [6.45, 7) is 8.17. The zero-order valence-electron chi connectivity index (χ0n) is 20.4. The van der Waals surface area contributed by atoms with Crippen molar-refractivity contribution in [1.82, 2.24) is 0 Å². The molecule has 4 nitrogen and oxygen atoms in total. The molecule has 0 spiro atoms. The molecule has 2 aromatic rings. The first-order valence-corrected chi connectivity index (χ1v) is 12.1. The Bertz CT molecular complexity index is 860. The molecule has 2 aromatic carbocycles. The van der Waals surface area contributed by atoms with Gasteiger partial charge in [0.2, 0.25) is 0 Å². The van der Waals surface area contributed by atoms with E-state index in [1.807, 2.05) is 50.2 Å². The minimum atomic E-state index is -0.410. The highest BCUT2D eigenvalue weighted by molar-refractivity contribution is 5.90. The van der Waals surface area contributed by atoms with Crippen LogP contribution in [0, 0.1) is 11.8 Å². The van der Waals surface area contributed by atoms with Crippen molar-refractivity contribution in [3.8, 4) is 0 Å². The summed E-state index contributed by atoms with van der Waals surface area (Å²) < 4.78 is 11.7. The summed E-state index contributed by atoms with van der Waals surface area (Å²) in [4.78, 5) is 25.3. The average molecular weight is 451 g/mol. The summed E-state index contributed by atoms with van der Waals surface area (Å²) in [6.07, 6.45) is 8.99. The lowest BCUT2D eigenvalue weighted by Crippen LogP contribution is -2.35. The zero-order chi connectivity index (χ0) is 24.1. The van der Waals surface area contributed by atoms with Gasteiger partial charge in [-0.3, -0.25) is 0 Å². The molecule has 178 valence electrons. The van der Waals surface area contributed by atoms with Gasteiger partial charge in [-0.25, -0.2) is 9.59 Å². The van der Waals surface area contributed by atoms with Crippen LogP contribution in [0.15, 0.2) is 72.8 Å². The van der Waals surface area contributed by atoms with E-state index in [2.05, 4.69) is 26.0 Å². The number of esters is 2. The molecule has 0 aliphatic heterocycles. The molecule has 0 N–H and O–H groups in total. The molecule has 0 saturated carbocycles. The third-order valence-electron chi connectivity index (χ3n) is 5.94. The zero-order valence-corrected chi connectivity index (χ0v) is 20.4. The summed E-state index contributed by atoms with van der Waals surface area (Å²) in [6, 6.07) is 18.0. The molecule has 4 unspecified atom stereocenters. The van der Waals surface area contributed by atoms with Crippen molar-refractivity contribution < 1.29 is 19.1 Å². The van der Waals surface area contributed by atoms with Crippen LogP contribution in [0.3, 0.4) is 0 Å². The van der Waals surface area contributed by atoms with Gasteiger partial charge in [-0.1, -0.05) is 82.2 Å². The molecule has 2 rings (SSSR count). The first-order chi connectivity index (χ1) is 15.9. The summed E-state index contributed by atoms with van der Waals surface area (Å²) in [5.74, 6) is -0.652. The first kappa shape index (κ1) is 26.4. The Kier molecular flexibility index (Phi) is 11.4. The lowest BCUT2D eigenvalue weighted by molar-refractivity contribution is -0.0275. The third-order valence-corrected chi connectivity index (χ3v) is 5.94. The van der Waals surface area contributed by atoms with Gasteiger partial charge in [0, 0.05) is 5.92 Å². The van der Waals surface area contributed by atoms with Gasteiger partial charge in [0.25, 0.3) is 0 Å². The van der Waals surface area contributed by atoms with Crippen molar-refractivity contribution in [3.63, 3.8) is 0 Å². The van der Waals surface area contributed by atoms with Crippen LogP contribution in [0.1, 0.15) is 80.5 Å². The predicted octanol–water partition coefficient (Wildman–Crippen LogP) is 7.26. The molecule has 4 atom stereocenters. The Morgan fingerprint density at radius 2 is 1.36 bits per heavy atom. The SMILES string of the molecule is CCCCCC=CC(C)CC(OC(=O)c1ccccc1)C(C)C(C)OC(=O)c1ccccc1. The van der Waals surface area contributed by atoms with Gasteiger partial charge in [-0.15, -0.1) is 0 Å². The van der Waals surface area contributed by atoms with E-state index >= 15 is 0 Å². The van der Waals surface area contributed by atoms with Crippen molar-refractivity contribution >= 4 is 11.9 Å². The number of unbranched alkanes of at least 4 members (excludes halogenated alkanes) is 3. The highest BCUT2D eigenvalue weighted by Crippen LogP contribution is 2.24. The molecule has 0 radical (unpaired) electrons. The second-order valence-corrected chi connectivity index (χ2v) is 8.78. The third kappa shape index (κ3) is 9.25. The lowest BCUT2D eigenvalue weighted by atomic mass is 9.90. The molecule has 0 bridgehead atoms. The molecule has 33 heavy (non-hydrogen) atoms. The van der Waals surface area contributed by atoms with E-state index in [1.165, 1.54) is 19.3 Å². The Morgan fingerprint density at radius 1 is 0.818 bits per heavy atom. The second-order valence-electron chi connectivity index (χ2n) is 8.78. The van der Waals surface area contributed by atoms with Gasteiger partial charge >= 0.3 is 11.9 Å². The van der Waals surface area contributed by atoms with Crippen LogP contribution in [0.25, 0.3) is 0 Å². The van der Waals surface area contributed by atoms with E-state index in [9.17, 15) is 9.59 Å². The number of hydrogen-bond acceptors (Lipinski definition) is 4. The van der Waals surface area contributed by atoms with Gasteiger partial charge in [0.05, 0.1) is 11.1 Å². The van der Waals surface area contributed by atoms with Crippen LogP contribution < -0.4 is 0 Å². The van der Waals surface area contributed by atoms with Crippen molar-refractivity contribution in [2.45, 2.75) is 72.0 Å². The van der Waals surface area contributed by atoms with E-state index < -0.39 is 6.10 Å². The monoisotopic (exact) mass is 450 g/mol. The van der Waals surface area contributed by atoms with Crippen molar-refractivity contribution in [3.05, 3.63) is 83.9 Å². The van der Waals surface area contributed by atoms with Gasteiger partial charge < -0.3 is 9.47 Å². The highest BCUT2D eigenvalue weighted by atomic mass is 16.6. The number of carbonyl (C=O) groups is 2. The number of benzene rings is 2. The van der Waals surface area contributed by atoms with Crippen molar-refractivity contribution in [2.24, 2.45) is 11.8 Å². The van der Waals surface area contributed by atoms with E-state index in [1.54, 1.807) is 24.3 Å². The number of allylic oxidation sites excluding steroid dienone is 2. The molecule has 0 fully saturated rings. The quantitative estimate of drug-likeness (QED) is 0.183. The minimum Gasteiger partial charge on any atom is -0.459 e. The fourth-order valence-electron chi connectivity index (χ4n) is 3.66. The Balaban J connectivity index is 2.07. The molecule has 0 aliphatic carbocycles. The number of hydrogen-bond donors (Lipinski definition) is 0. The standard InChI is InChI=1S/C29H38O4/c1-5-6-7-8-11-16-22(2)21-27(33-29(31)26-19-14-10-15-20-26)23(3)24(4)32-28(30)25-17-12-9-13-18-25/h9-20,22-24,27H,5-8,21H2,1-4H3. The summed E-state index contributed by atoms with van der Waals surface area (Å²) in [5.41, 5.74) is 1.03. The maximum absolute atomic E-state index is 12.8. The molecule has 0 aliphatic rings. The normalized spacial score (nSPS) is 14.9. The summed E-state index contributed by atoms with van der Waals surface area (Å²) >= 11 is 0. The summed E-state index contributed by atoms with van der Waals surface area (Å²) in [7, 11) is 0. The van der Waals surface area contributed by atoms with Crippen LogP contribution in [0.2, 0.25) is 0 Å². The maximum atomic E-state index is 12.8. The van der Waals surface area contributed by atoms with Crippen molar-refractivity contribution in [2.75, 3.05) is 0 Å². The predicted molar refractivity (Wildman–Crippen MR) is 133 cm³/mol. The molecule has 0 amide bonds. The number of rotatable bonds is 13. The smallest absolute Gasteiger partial charge is 0.338 e. The molecule has 0 aromatic heterocycles. The Morgan fingerprint density at radius 3 is 1.91 bits per heavy atom. The second kappa shape index (κ2) is 14.3. The highest BCUT2D eigenvalue weighted by Gasteiger charge is 2.30. The van der Waals surface area contributed by atoms with E-state index in [-0.39, 0.29) is 29.9 Å². The van der Waals surface area contributed by atoms with Crippen molar-refractivity contribution in [1.29, 1.82) is 0 Å². The van der Waals surface area contributed by atoms with Crippen LogP contribution in [0.5, 0.6) is 0 Å². The van der Waals surface area contributed by atoms with Gasteiger partial charge in [-0.05, 0) is 56.4 Å². The fraction of sp³-hybridized carbons (Fsp3) is 0.448. The minimum absolute atomic E-state index is 0.165. The topological polar surface area (TPSA) is 52.6 Å². The van der Waals surface area contributed by atoms with Gasteiger partial charge in [0.15, 0.2) is 0 Å².